The Labute approximate surface area is 113 Å². The second kappa shape index (κ2) is 5.72. The number of nitrogens with two attached hydrogens (primary N) is 1. The lowest BCUT2D eigenvalue weighted by molar-refractivity contribution is -0.115. The Hall–Kier alpha value is -1.06. The smallest absolute Gasteiger partial charge is 0.228 e. The summed E-state index contributed by atoms with van der Waals surface area (Å²) in [5.41, 5.74) is 8.97. The Kier molecular flexibility index (Phi) is 4.25. The van der Waals surface area contributed by atoms with Crippen LogP contribution in [0.15, 0.2) is 12.1 Å². The van der Waals surface area contributed by atoms with Crippen LogP contribution < -0.4 is 11.1 Å². The molecule has 0 fully saturated rings. The van der Waals surface area contributed by atoms with E-state index < -0.39 is 0 Å². The highest BCUT2D eigenvalue weighted by atomic mass is 35.5. The molecule has 0 radical (unpaired) electrons. The van der Waals surface area contributed by atoms with Gasteiger partial charge in [0.05, 0.1) is 6.42 Å². The van der Waals surface area contributed by atoms with Gasteiger partial charge < -0.3 is 11.1 Å². The number of fused-ring (bicyclic) bond motifs is 1. The monoisotopic (exact) mass is 266 g/mol. The molecule has 0 aromatic heterocycles. The summed E-state index contributed by atoms with van der Waals surface area (Å²) in [6, 6.07) is 3.76. The van der Waals surface area contributed by atoms with Crippen molar-refractivity contribution in [1.82, 2.24) is 0 Å². The van der Waals surface area contributed by atoms with Gasteiger partial charge in [0, 0.05) is 16.8 Å². The van der Waals surface area contributed by atoms with Crippen molar-refractivity contribution in [3.05, 3.63) is 28.3 Å². The maximum absolute atomic E-state index is 11.3. The Morgan fingerprint density at radius 1 is 1.44 bits per heavy atom. The van der Waals surface area contributed by atoms with Crippen molar-refractivity contribution in [2.75, 3.05) is 5.32 Å². The summed E-state index contributed by atoms with van der Waals surface area (Å²) < 4.78 is 0. The van der Waals surface area contributed by atoms with Crippen LogP contribution in [0.4, 0.5) is 5.69 Å². The zero-order valence-electron chi connectivity index (χ0n) is 10.6. The Morgan fingerprint density at radius 2 is 2.22 bits per heavy atom. The second-order valence-corrected chi connectivity index (χ2v) is 5.27. The fourth-order valence-electron chi connectivity index (χ4n) is 2.32. The molecule has 0 saturated heterocycles. The number of anilines is 1. The molecular weight excluding hydrogens is 248 g/mol. The van der Waals surface area contributed by atoms with Gasteiger partial charge in [0.15, 0.2) is 0 Å². The molecule has 1 aromatic carbocycles. The first-order valence-electron chi connectivity index (χ1n) is 6.49. The van der Waals surface area contributed by atoms with Crippen LogP contribution in [0.2, 0.25) is 5.02 Å². The SMILES string of the molecule is CCCCCC(N)c1cc2c(cc1Cl)NC(=O)C2. The van der Waals surface area contributed by atoms with Crippen LogP contribution >= 0.6 is 11.6 Å². The summed E-state index contributed by atoms with van der Waals surface area (Å²) >= 11 is 6.23. The van der Waals surface area contributed by atoms with Crippen molar-refractivity contribution in [3.63, 3.8) is 0 Å². The third-order valence-corrected chi connectivity index (χ3v) is 3.69. The van der Waals surface area contributed by atoms with E-state index in [1.54, 1.807) is 0 Å². The van der Waals surface area contributed by atoms with Crippen LogP contribution in [0.5, 0.6) is 0 Å². The third-order valence-electron chi connectivity index (χ3n) is 3.37. The average molecular weight is 267 g/mol. The number of carbonyl (C=O) groups excluding carboxylic acids is 1. The van der Waals surface area contributed by atoms with Crippen molar-refractivity contribution in [2.24, 2.45) is 5.73 Å². The summed E-state index contributed by atoms with van der Waals surface area (Å²) in [4.78, 5) is 11.3. The van der Waals surface area contributed by atoms with E-state index in [4.69, 9.17) is 17.3 Å². The standard InChI is InChI=1S/C14H19ClN2O/c1-2-3-4-5-12(16)10-6-9-7-14(18)17-13(9)8-11(10)15/h6,8,12H,2-5,7,16H2,1H3,(H,17,18). The first kappa shape index (κ1) is 13.4. The zero-order chi connectivity index (χ0) is 13.1. The summed E-state index contributed by atoms with van der Waals surface area (Å²) in [6.45, 7) is 2.17. The lowest BCUT2D eigenvalue weighted by Crippen LogP contribution is -2.11. The highest BCUT2D eigenvalue weighted by molar-refractivity contribution is 6.32. The topological polar surface area (TPSA) is 55.1 Å². The number of rotatable bonds is 5. The molecule has 1 amide bonds. The maximum Gasteiger partial charge on any atom is 0.228 e. The van der Waals surface area contributed by atoms with Crippen molar-refractivity contribution in [3.8, 4) is 0 Å². The first-order chi connectivity index (χ1) is 8.61. The minimum atomic E-state index is -0.0370. The Balaban J connectivity index is 2.14. The van der Waals surface area contributed by atoms with Crippen LogP contribution in [-0.4, -0.2) is 5.91 Å². The zero-order valence-corrected chi connectivity index (χ0v) is 11.4. The fourth-order valence-corrected chi connectivity index (χ4v) is 2.62. The number of nitrogens with one attached hydrogen (secondary N) is 1. The lowest BCUT2D eigenvalue weighted by atomic mass is 9.98. The quantitative estimate of drug-likeness (QED) is 0.803. The van der Waals surface area contributed by atoms with Gasteiger partial charge in [0.1, 0.15) is 0 Å². The summed E-state index contributed by atoms with van der Waals surface area (Å²) in [7, 11) is 0. The van der Waals surface area contributed by atoms with Crippen LogP contribution in [0.3, 0.4) is 0 Å². The molecule has 4 heteroatoms. The van der Waals surface area contributed by atoms with E-state index in [9.17, 15) is 4.79 Å². The number of hydrogen-bond acceptors (Lipinski definition) is 2. The molecule has 98 valence electrons. The number of carbonyl (C=O) groups is 1. The molecule has 1 heterocycles. The van der Waals surface area contributed by atoms with Crippen LogP contribution in [0.1, 0.15) is 49.8 Å². The molecule has 0 bridgehead atoms. The molecule has 18 heavy (non-hydrogen) atoms. The van der Waals surface area contributed by atoms with Crippen molar-refractivity contribution in [1.29, 1.82) is 0 Å². The van der Waals surface area contributed by atoms with Gasteiger partial charge in [0.25, 0.3) is 0 Å². The molecule has 1 atom stereocenters. The minimum Gasteiger partial charge on any atom is -0.325 e. The number of benzene rings is 1. The molecule has 0 aliphatic carbocycles. The van der Waals surface area contributed by atoms with Gasteiger partial charge in [-0.2, -0.15) is 0 Å². The van der Waals surface area contributed by atoms with Crippen molar-refractivity contribution >= 4 is 23.2 Å². The van der Waals surface area contributed by atoms with Crippen LogP contribution in [-0.2, 0) is 11.2 Å². The summed E-state index contributed by atoms with van der Waals surface area (Å²) in [6.07, 6.45) is 4.86. The number of halogens is 1. The van der Waals surface area contributed by atoms with E-state index in [1.807, 2.05) is 12.1 Å². The molecule has 1 unspecified atom stereocenters. The van der Waals surface area contributed by atoms with Crippen LogP contribution in [0, 0.1) is 0 Å². The van der Waals surface area contributed by atoms with Crippen LogP contribution in [0.25, 0.3) is 0 Å². The van der Waals surface area contributed by atoms with E-state index in [-0.39, 0.29) is 11.9 Å². The number of hydrogen-bond donors (Lipinski definition) is 2. The van der Waals surface area contributed by atoms with Gasteiger partial charge in [-0.3, -0.25) is 4.79 Å². The molecule has 0 saturated carbocycles. The molecule has 3 nitrogen and oxygen atoms in total. The highest BCUT2D eigenvalue weighted by Gasteiger charge is 2.21. The van der Waals surface area contributed by atoms with E-state index in [1.165, 1.54) is 12.8 Å². The lowest BCUT2D eigenvalue weighted by Gasteiger charge is -2.15. The largest absolute Gasteiger partial charge is 0.325 e. The van der Waals surface area contributed by atoms with Gasteiger partial charge in [-0.25, -0.2) is 0 Å². The van der Waals surface area contributed by atoms with E-state index in [0.29, 0.717) is 11.4 Å². The molecule has 1 aromatic rings. The van der Waals surface area contributed by atoms with Gasteiger partial charge in [-0.15, -0.1) is 0 Å². The normalized spacial score (nSPS) is 15.4. The van der Waals surface area contributed by atoms with Gasteiger partial charge in [0.2, 0.25) is 5.91 Å². The summed E-state index contributed by atoms with van der Waals surface area (Å²) in [5, 5.41) is 3.45. The predicted octanol–water partition coefficient (Wildman–Crippen LogP) is 3.41. The van der Waals surface area contributed by atoms with E-state index in [0.717, 1.165) is 29.7 Å². The molecule has 2 rings (SSSR count). The number of unbranched alkanes of at least 4 members (excludes halogenated alkanes) is 2. The third kappa shape index (κ3) is 2.85. The summed E-state index contributed by atoms with van der Waals surface area (Å²) in [5.74, 6) is 0.0257. The van der Waals surface area contributed by atoms with Gasteiger partial charge in [-0.1, -0.05) is 43.9 Å². The molecule has 0 spiro atoms. The molecule has 1 aliphatic heterocycles. The Bertz CT molecular complexity index is 459. The number of amides is 1. The van der Waals surface area contributed by atoms with E-state index in [2.05, 4.69) is 12.2 Å². The van der Waals surface area contributed by atoms with Crippen molar-refractivity contribution < 1.29 is 4.79 Å². The maximum atomic E-state index is 11.3. The highest BCUT2D eigenvalue weighted by Crippen LogP contribution is 2.33. The molecule has 1 aliphatic rings. The fraction of sp³-hybridized carbons (Fsp3) is 0.500. The average Bonchev–Trinajstić information content (AvgIpc) is 2.67. The molecular formula is C14H19ClN2O. The predicted molar refractivity (Wildman–Crippen MR) is 74.9 cm³/mol. The van der Waals surface area contributed by atoms with E-state index >= 15 is 0 Å². The minimum absolute atomic E-state index is 0.0257. The van der Waals surface area contributed by atoms with Gasteiger partial charge >= 0.3 is 0 Å². The molecule has 3 N–H and O–H groups in total. The van der Waals surface area contributed by atoms with Gasteiger partial charge in [-0.05, 0) is 23.6 Å². The first-order valence-corrected chi connectivity index (χ1v) is 6.87. The second-order valence-electron chi connectivity index (χ2n) is 4.86. The van der Waals surface area contributed by atoms with Crippen molar-refractivity contribution in [2.45, 2.75) is 45.1 Å². The Morgan fingerprint density at radius 3 is 2.94 bits per heavy atom.